The van der Waals surface area contributed by atoms with Gasteiger partial charge in [-0.05, 0) is 24.3 Å². The fraction of sp³-hybridized carbons (Fsp3) is 0.188. The van der Waals surface area contributed by atoms with E-state index in [1.165, 1.54) is 0 Å². The Morgan fingerprint density at radius 2 is 2.08 bits per heavy atom. The summed E-state index contributed by atoms with van der Waals surface area (Å²) in [5.74, 6) is 2.28. The number of fused-ring (bicyclic) bond motifs is 1. The lowest BCUT2D eigenvalue weighted by atomic mass is 10.2. The molecule has 0 fully saturated rings. The van der Waals surface area contributed by atoms with E-state index in [4.69, 9.17) is 15.2 Å². The van der Waals surface area contributed by atoms with Crippen molar-refractivity contribution in [1.29, 1.82) is 0 Å². The first kappa shape index (κ1) is 15.6. The van der Waals surface area contributed by atoms with E-state index in [0.717, 1.165) is 5.65 Å². The Bertz CT molecular complexity index is 874. The molecule has 1 aromatic carbocycles. The van der Waals surface area contributed by atoms with E-state index >= 15 is 0 Å². The number of rotatable bonds is 5. The molecule has 0 unspecified atom stereocenters. The van der Waals surface area contributed by atoms with Crippen LogP contribution in [0.5, 0.6) is 11.5 Å². The van der Waals surface area contributed by atoms with Gasteiger partial charge in [0.25, 0.3) is 0 Å². The quantitative estimate of drug-likeness (QED) is 0.546. The molecule has 3 rings (SSSR count). The van der Waals surface area contributed by atoms with Crippen molar-refractivity contribution in [3.05, 3.63) is 48.4 Å². The molecule has 0 radical (unpaired) electrons. The second-order valence-corrected chi connectivity index (χ2v) is 4.94. The SMILES string of the molecule is COc1ccc(OC)c(NC(N)=NCc2nnc3ccccn23)c1. The van der Waals surface area contributed by atoms with Crippen LogP contribution in [0.15, 0.2) is 47.6 Å². The summed E-state index contributed by atoms with van der Waals surface area (Å²) in [6.07, 6.45) is 1.88. The molecule has 24 heavy (non-hydrogen) atoms. The highest BCUT2D eigenvalue weighted by atomic mass is 16.5. The number of pyridine rings is 1. The summed E-state index contributed by atoms with van der Waals surface area (Å²) in [5, 5.41) is 11.2. The van der Waals surface area contributed by atoms with E-state index in [0.29, 0.717) is 29.6 Å². The number of hydrogen-bond acceptors (Lipinski definition) is 5. The number of benzene rings is 1. The molecule has 0 saturated carbocycles. The van der Waals surface area contributed by atoms with Crippen LogP contribution in [0.2, 0.25) is 0 Å². The normalized spacial score (nSPS) is 11.5. The van der Waals surface area contributed by atoms with Crippen LogP contribution in [0, 0.1) is 0 Å². The molecule has 124 valence electrons. The topological polar surface area (TPSA) is 99.1 Å². The Labute approximate surface area is 138 Å². The highest BCUT2D eigenvalue weighted by Crippen LogP contribution is 2.28. The zero-order chi connectivity index (χ0) is 16.9. The fourth-order valence-corrected chi connectivity index (χ4v) is 2.24. The van der Waals surface area contributed by atoms with E-state index in [1.54, 1.807) is 32.4 Å². The number of anilines is 1. The average molecular weight is 326 g/mol. The molecule has 0 aliphatic heterocycles. The van der Waals surface area contributed by atoms with E-state index in [1.807, 2.05) is 28.8 Å². The first-order valence-corrected chi connectivity index (χ1v) is 7.29. The molecule has 0 aliphatic carbocycles. The van der Waals surface area contributed by atoms with Crippen molar-refractivity contribution in [3.8, 4) is 11.5 Å². The highest BCUT2D eigenvalue weighted by molar-refractivity contribution is 5.93. The summed E-state index contributed by atoms with van der Waals surface area (Å²) >= 11 is 0. The predicted octanol–water partition coefficient (Wildman–Crippen LogP) is 1.67. The van der Waals surface area contributed by atoms with Crippen LogP contribution in [0.3, 0.4) is 0 Å². The molecule has 3 aromatic rings. The first-order valence-electron chi connectivity index (χ1n) is 7.29. The van der Waals surface area contributed by atoms with Crippen LogP contribution >= 0.6 is 0 Å². The third-order valence-electron chi connectivity index (χ3n) is 3.44. The number of nitrogens with one attached hydrogen (secondary N) is 1. The lowest BCUT2D eigenvalue weighted by Crippen LogP contribution is -2.23. The molecule has 0 bridgehead atoms. The smallest absolute Gasteiger partial charge is 0.193 e. The first-order chi connectivity index (χ1) is 11.7. The van der Waals surface area contributed by atoms with Gasteiger partial charge in [-0.15, -0.1) is 10.2 Å². The fourth-order valence-electron chi connectivity index (χ4n) is 2.24. The van der Waals surface area contributed by atoms with E-state index in [2.05, 4.69) is 20.5 Å². The Kier molecular flexibility index (Phi) is 4.46. The van der Waals surface area contributed by atoms with Crippen molar-refractivity contribution in [1.82, 2.24) is 14.6 Å². The Morgan fingerprint density at radius 1 is 1.21 bits per heavy atom. The summed E-state index contributed by atoms with van der Waals surface area (Å²) in [7, 11) is 3.18. The third kappa shape index (κ3) is 3.22. The molecule has 0 aliphatic rings. The number of nitrogens with two attached hydrogens (primary N) is 1. The van der Waals surface area contributed by atoms with Crippen LogP contribution in [0.4, 0.5) is 5.69 Å². The van der Waals surface area contributed by atoms with E-state index < -0.39 is 0 Å². The Balaban J connectivity index is 1.77. The third-order valence-corrected chi connectivity index (χ3v) is 3.44. The van der Waals surface area contributed by atoms with Gasteiger partial charge in [-0.1, -0.05) is 6.07 Å². The van der Waals surface area contributed by atoms with Gasteiger partial charge in [0, 0.05) is 12.3 Å². The number of nitrogens with zero attached hydrogens (tertiary/aromatic N) is 4. The minimum absolute atomic E-state index is 0.245. The minimum atomic E-state index is 0.245. The summed E-state index contributed by atoms with van der Waals surface area (Å²) < 4.78 is 12.4. The van der Waals surface area contributed by atoms with Crippen LogP contribution in [0.25, 0.3) is 5.65 Å². The van der Waals surface area contributed by atoms with Crippen LogP contribution in [-0.4, -0.2) is 34.8 Å². The van der Waals surface area contributed by atoms with Crippen molar-refractivity contribution < 1.29 is 9.47 Å². The second-order valence-electron chi connectivity index (χ2n) is 4.94. The van der Waals surface area contributed by atoms with Gasteiger partial charge in [-0.2, -0.15) is 0 Å². The maximum atomic E-state index is 5.97. The lowest BCUT2D eigenvalue weighted by Gasteiger charge is -2.12. The van der Waals surface area contributed by atoms with Crippen LogP contribution in [-0.2, 0) is 6.54 Å². The predicted molar refractivity (Wildman–Crippen MR) is 91.5 cm³/mol. The molecule has 2 aromatic heterocycles. The number of aromatic nitrogens is 3. The van der Waals surface area contributed by atoms with Gasteiger partial charge >= 0.3 is 0 Å². The molecule has 0 saturated heterocycles. The van der Waals surface area contributed by atoms with Crippen molar-refractivity contribution in [2.24, 2.45) is 10.7 Å². The monoisotopic (exact) mass is 326 g/mol. The van der Waals surface area contributed by atoms with Gasteiger partial charge in [-0.3, -0.25) is 4.40 Å². The standard InChI is InChI=1S/C16H18N6O2/c1-23-11-6-7-13(24-2)12(9-11)19-16(17)18-10-15-21-20-14-5-3-4-8-22(14)15/h3-9H,10H2,1-2H3,(H3,17,18,19). The molecular formula is C16H18N6O2. The van der Waals surface area contributed by atoms with E-state index in [-0.39, 0.29) is 5.96 Å². The summed E-state index contributed by atoms with van der Waals surface area (Å²) in [6, 6.07) is 11.1. The summed E-state index contributed by atoms with van der Waals surface area (Å²) in [5.41, 5.74) is 7.40. The molecule has 0 atom stereocenters. The maximum absolute atomic E-state index is 5.97. The van der Waals surface area contributed by atoms with Gasteiger partial charge in [0.15, 0.2) is 17.4 Å². The number of guanidine groups is 1. The number of ether oxygens (including phenoxy) is 2. The van der Waals surface area contributed by atoms with Crippen LogP contribution < -0.4 is 20.5 Å². The van der Waals surface area contributed by atoms with Crippen molar-refractivity contribution in [2.75, 3.05) is 19.5 Å². The second kappa shape index (κ2) is 6.86. The van der Waals surface area contributed by atoms with Gasteiger partial charge < -0.3 is 20.5 Å². The summed E-state index contributed by atoms with van der Waals surface area (Å²) in [4.78, 5) is 4.31. The van der Waals surface area contributed by atoms with Gasteiger partial charge in [0.2, 0.25) is 0 Å². The summed E-state index contributed by atoms with van der Waals surface area (Å²) in [6.45, 7) is 0.302. The molecular weight excluding hydrogens is 308 g/mol. The lowest BCUT2D eigenvalue weighted by molar-refractivity contribution is 0.405. The van der Waals surface area contributed by atoms with Gasteiger partial charge in [-0.25, -0.2) is 4.99 Å². The number of methoxy groups -OCH3 is 2. The molecule has 8 nitrogen and oxygen atoms in total. The molecule has 3 N–H and O–H groups in total. The average Bonchev–Trinajstić information content (AvgIpc) is 3.03. The number of hydrogen-bond donors (Lipinski definition) is 2. The Hall–Kier alpha value is -3.29. The van der Waals surface area contributed by atoms with Crippen molar-refractivity contribution >= 4 is 17.3 Å². The van der Waals surface area contributed by atoms with Crippen molar-refractivity contribution in [2.45, 2.75) is 6.54 Å². The molecule has 8 heteroatoms. The minimum Gasteiger partial charge on any atom is -0.497 e. The zero-order valence-corrected chi connectivity index (χ0v) is 13.4. The van der Waals surface area contributed by atoms with E-state index in [9.17, 15) is 0 Å². The van der Waals surface area contributed by atoms with Gasteiger partial charge in [0.05, 0.1) is 19.9 Å². The van der Waals surface area contributed by atoms with Crippen LogP contribution in [0.1, 0.15) is 5.82 Å². The largest absolute Gasteiger partial charge is 0.497 e. The van der Waals surface area contributed by atoms with Crippen molar-refractivity contribution in [3.63, 3.8) is 0 Å². The zero-order valence-electron chi connectivity index (χ0n) is 13.4. The maximum Gasteiger partial charge on any atom is 0.193 e. The molecule has 0 amide bonds. The van der Waals surface area contributed by atoms with Gasteiger partial charge in [0.1, 0.15) is 18.0 Å². The molecule has 0 spiro atoms. The Morgan fingerprint density at radius 3 is 2.88 bits per heavy atom. The number of aliphatic imine (C=N–C) groups is 1. The highest BCUT2D eigenvalue weighted by Gasteiger charge is 2.07. The molecule has 2 heterocycles.